The third-order valence-electron chi connectivity index (χ3n) is 12.6. The van der Waals surface area contributed by atoms with E-state index in [0.717, 1.165) is 57.8 Å². The lowest BCUT2D eigenvalue weighted by atomic mass is 10.0. The first kappa shape index (κ1) is 63.6. The van der Waals surface area contributed by atoms with Crippen LogP contribution in [0, 0.1) is 0 Å². The van der Waals surface area contributed by atoms with Crippen molar-refractivity contribution in [3.8, 4) is 0 Å². The summed E-state index contributed by atoms with van der Waals surface area (Å²) in [5.41, 5.74) is 0. The highest BCUT2D eigenvalue weighted by atomic mass is 16.6. The predicted molar refractivity (Wildman–Crippen MR) is 288 cm³/mol. The van der Waals surface area contributed by atoms with Gasteiger partial charge in [0.1, 0.15) is 6.61 Å². The Balaban J connectivity index is 4.26. The van der Waals surface area contributed by atoms with Crippen molar-refractivity contribution < 1.29 is 23.8 Å². The van der Waals surface area contributed by atoms with Crippen molar-refractivity contribution in [2.24, 2.45) is 0 Å². The van der Waals surface area contributed by atoms with Crippen LogP contribution in [0.15, 0.2) is 60.8 Å². The molecule has 0 fully saturated rings. The molecule has 0 aromatic carbocycles. The number of allylic oxidation sites excluding steroid dienone is 10. The van der Waals surface area contributed by atoms with Crippen molar-refractivity contribution in [2.75, 3.05) is 19.8 Å². The Labute approximate surface area is 411 Å². The lowest BCUT2D eigenvalue weighted by molar-refractivity contribution is -0.162. The number of hydrogen-bond donors (Lipinski definition) is 0. The van der Waals surface area contributed by atoms with E-state index in [9.17, 15) is 9.59 Å². The Morgan fingerprint density at radius 3 is 1.15 bits per heavy atom. The summed E-state index contributed by atoms with van der Waals surface area (Å²) in [5, 5.41) is 0. The SMILES string of the molecule is CC/C=C\C/C=C\C/C=C\C/C=C\CCC(=O)OC(COCCCCCCCCCCCCCCCCCCCCCC)COC(=O)CCCCCCCCC/C=C\CCCCCCCC. The third kappa shape index (κ3) is 54.2. The van der Waals surface area contributed by atoms with Crippen molar-refractivity contribution in [3.05, 3.63) is 60.8 Å². The van der Waals surface area contributed by atoms with Gasteiger partial charge in [-0.3, -0.25) is 9.59 Å². The highest BCUT2D eigenvalue weighted by Gasteiger charge is 2.17. The number of rotatable bonds is 53. The van der Waals surface area contributed by atoms with E-state index in [2.05, 4.69) is 75.5 Å². The minimum Gasteiger partial charge on any atom is -0.462 e. The summed E-state index contributed by atoms with van der Waals surface area (Å²) >= 11 is 0. The van der Waals surface area contributed by atoms with Crippen LogP contribution < -0.4 is 0 Å². The van der Waals surface area contributed by atoms with Gasteiger partial charge < -0.3 is 14.2 Å². The van der Waals surface area contributed by atoms with Crippen molar-refractivity contribution in [3.63, 3.8) is 0 Å². The molecule has 5 heteroatoms. The molecule has 0 aromatic rings. The molecule has 1 atom stereocenters. The molecule has 384 valence electrons. The van der Waals surface area contributed by atoms with E-state index in [1.807, 2.05) is 6.08 Å². The minimum absolute atomic E-state index is 0.0568. The van der Waals surface area contributed by atoms with E-state index < -0.39 is 6.10 Å². The number of hydrogen-bond acceptors (Lipinski definition) is 5. The van der Waals surface area contributed by atoms with Gasteiger partial charge >= 0.3 is 11.9 Å². The first-order chi connectivity index (χ1) is 32.6. The molecule has 66 heavy (non-hydrogen) atoms. The average Bonchev–Trinajstić information content (AvgIpc) is 3.32. The lowest BCUT2D eigenvalue weighted by Crippen LogP contribution is -2.30. The van der Waals surface area contributed by atoms with Crippen LogP contribution in [0.3, 0.4) is 0 Å². The molecule has 0 N–H and O–H groups in total. The van der Waals surface area contributed by atoms with Gasteiger partial charge in [-0.05, 0) is 70.6 Å². The second kappa shape index (κ2) is 56.9. The smallest absolute Gasteiger partial charge is 0.306 e. The van der Waals surface area contributed by atoms with Crippen molar-refractivity contribution in [1.82, 2.24) is 0 Å². The van der Waals surface area contributed by atoms with Crippen LogP contribution >= 0.6 is 0 Å². The first-order valence-electron chi connectivity index (χ1n) is 28.8. The largest absolute Gasteiger partial charge is 0.462 e. The maximum absolute atomic E-state index is 12.8. The number of unbranched alkanes of at least 4 members (excludes halogenated alkanes) is 32. The second-order valence-corrected chi connectivity index (χ2v) is 19.2. The normalized spacial score (nSPS) is 12.6. The number of carbonyl (C=O) groups is 2. The van der Waals surface area contributed by atoms with Gasteiger partial charge in [0.05, 0.1) is 6.61 Å². The molecule has 0 aromatic heterocycles. The molecule has 1 unspecified atom stereocenters. The van der Waals surface area contributed by atoms with Crippen LogP contribution in [0.2, 0.25) is 0 Å². The van der Waals surface area contributed by atoms with Crippen molar-refractivity contribution >= 4 is 11.9 Å². The van der Waals surface area contributed by atoms with Crippen LogP contribution in [0.25, 0.3) is 0 Å². The van der Waals surface area contributed by atoms with Gasteiger partial charge in [0.25, 0.3) is 0 Å². The van der Waals surface area contributed by atoms with Gasteiger partial charge in [0.2, 0.25) is 0 Å². The molecule has 0 aliphatic heterocycles. The molecule has 0 radical (unpaired) electrons. The van der Waals surface area contributed by atoms with E-state index >= 15 is 0 Å². The fraction of sp³-hybridized carbons (Fsp3) is 0.803. The summed E-state index contributed by atoms with van der Waals surface area (Å²) in [4.78, 5) is 25.4. The monoisotopic (exact) mass is 923 g/mol. The minimum atomic E-state index is -0.575. The zero-order valence-electron chi connectivity index (χ0n) is 44.2. The Bertz CT molecular complexity index is 1130. The first-order valence-corrected chi connectivity index (χ1v) is 28.8. The summed E-state index contributed by atoms with van der Waals surface area (Å²) in [5.74, 6) is -0.484. The summed E-state index contributed by atoms with van der Waals surface area (Å²) < 4.78 is 17.4. The van der Waals surface area contributed by atoms with Gasteiger partial charge in [-0.15, -0.1) is 0 Å². The van der Waals surface area contributed by atoms with E-state index in [-0.39, 0.29) is 25.2 Å². The summed E-state index contributed by atoms with van der Waals surface area (Å²) in [6, 6.07) is 0. The molecule has 0 spiro atoms. The van der Waals surface area contributed by atoms with Crippen LogP contribution in [0.4, 0.5) is 0 Å². The molecule has 0 aliphatic rings. The summed E-state index contributed by atoms with van der Waals surface area (Å²) in [6.45, 7) is 7.67. The van der Waals surface area contributed by atoms with Gasteiger partial charge in [-0.25, -0.2) is 0 Å². The van der Waals surface area contributed by atoms with Gasteiger partial charge in [-0.2, -0.15) is 0 Å². The molecular formula is C61H110O5. The quantitative estimate of drug-likeness (QED) is 0.0346. The zero-order chi connectivity index (χ0) is 47.7. The molecule has 0 heterocycles. The topological polar surface area (TPSA) is 61.8 Å². The molecule has 0 saturated carbocycles. The van der Waals surface area contributed by atoms with Crippen LogP contribution in [-0.2, 0) is 23.8 Å². The average molecular weight is 924 g/mol. The second-order valence-electron chi connectivity index (χ2n) is 19.2. The molecular weight excluding hydrogens is 813 g/mol. The third-order valence-corrected chi connectivity index (χ3v) is 12.6. The Hall–Kier alpha value is -2.40. The number of ether oxygens (including phenoxy) is 3. The van der Waals surface area contributed by atoms with Gasteiger partial charge in [-0.1, -0.05) is 268 Å². The van der Waals surface area contributed by atoms with Crippen LogP contribution in [0.1, 0.15) is 290 Å². The summed E-state index contributed by atoms with van der Waals surface area (Å²) in [6.07, 6.45) is 72.7. The molecule has 0 saturated heterocycles. The Morgan fingerprint density at radius 1 is 0.348 bits per heavy atom. The Kier molecular flexibility index (Phi) is 54.9. The van der Waals surface area contributed by atoms with Crippen LogP contribution in [0.5, 0.6) is 0 Å². The standard InChI is InChI=1S/C61H110O5/c1-4-7-10-13-16-19-22-25-27-29-30-31-33-35-38-41-44-47-50-53-56-64-57-59(66-61(63)55-52-49-46-43-40-36-24-21-18-15-12-9-6-3)58-65-60(62)54-51-48-45-42-39-37-34-32-28-26-23-20-17-14-11-8-5-2/h9,12,18,21,26,28,36,40,46,49,59H,4-8,10-11,13-17,19-20,22-25,27,29-35,37-39,41-45,47-48,50-58H2,1-3H3/b12-9-,21-18-,28-26-,40-36-,49-46-. The number of carbonyl (C=O) groups excluding carboxylic acids is 2. The van der Waals surface area contributed by atoms with E-state index in [1.165, 1.54) is 193 Å². The molecule has 0 aliphatic carbocycles. The van der Waals surface area contributed by atoms with Gasteiger partial charge in [0.15, 0.2) is 6.10 Å². The highest BCUT2D eigenvalue weighted by molar-refractivity contribution is 5.70. The van der Waals surface area contributed by atoms with E-state index in [4.69, 9.17) is 14.2 Å². The van der Waals surface area contributed by atoms with Gasteiger partial charge in [0, 0.05) is 19.4 Å². The fourth-order valence-electron chi connectivity index (χ4n) is 8.29. The van der Waals surface area contributed by atoms with Crippen molar-refractivity contribution in [1.29, 1.82) is 0 Å². The highest BCUT2D eigenvalue weighted by Crippen LogP contribution is 2.16. The lowest BCUT2D eigenvalue weighted by Gasteiger charge is -2.18. The summed E-state index contributed by atoms with van der Waals surface area (Å²) in [7, 11) is 0. The van der Waals surface area contributed by atoms with E-state index in [1.54, 1.807) is 0 Å². The fourth-order valence-corrected chi connectivity index (χ4v) is 8.29. The maximum atomic E-state index is 12.8. The molecule has 5 nitrogen and oxygen atoms in total. The molecule has 0 bridgehead atoms. The molecule has 0 amide bonds. The number of esters is 2. The van der Waals surface area contributed by atoms with Crippen LogP contribution in [-0.4, -0.2) is 37.9 Å². The molecule has 0 rings (SSSR count). The van der Waals surface area contributed by atoms with E-state index in [0.29, 0.717) is 25.9 Å². The zero-order valence-corrected chi connectivity index (χ0v) is 44.2. The maximum Gasteiger partial charge on any atom is 0.306 e. The predicted octanol–water partition coefficient (Wildman–Crippen LogP) is 19.7. The Morgan fingerprint density at radius 2 is 0.712 bits per heavy atom. The van der Waals surface area contributed by atoms with Crippen molar-refractivity contribution in [2.45, 2.75) is 297 Å².